The minimum Gasteiger partial charge on any atom is -0.360 e. The van der Waals surface area contributed by atoms with Crippen molar-refractivity contribution in [2.75, 3.05) is 0 Å². The normalized spacial score (nSPS) is 14.2. The Hall–Kier alpha value is 0.170. The van der Waals surface area contributed by atoms with E-state index < -0.39 is 13.1 Å². The largest absolute Gasteiger partial charge is 1.00 e. The second kappa shape index (κ2) is 12.6. The van der Waals surface area contributed by atoms with Crippen molar-refractivity contribution in [2.45, 2.75) is 116 Å². The first-order valence-electron chi connectivity index (χ1n) is 9.92. The van der Waals surface area contributed by atoms with Crippen LogP contribution in [-0.2, 0) is 9.47 Å². The van der Waals surface area contributed by atoms with E-state index in [2.05, 4.69) is 88.4 Å². The minimum absolute atomic E-state index is 0. The minimum atomic E-state index is -2.23. The first kappa shape index (κ1) is 28.4. The van der Waals surface area contributed by atoms with Crippen LogP contribution >= 0.6 is 0 Å². The van der Waals surface area contributed by atoms with Gasteiger partial charge in [0.25, 0.3) is 0 Å². The summed E-state index contributed by atoms with van der Waals surface area (Å²) in [6.45, 7) is 16.8. The third kappa shape index (κ3) is 16.4. The molecule has 0 aliphatic heterocycles. The topological polar surface area (TPSA) is 18.5 Å². The molecule has 0 aromatic heterocycles. The van der Waals surface area contributed by atoms with Crippen LogP contribution in [0.15, 0.2) is 0 Å². The zero-order valence-corrected chi connectivity index (χ0v) is 20.5. The van der Waals surface area contributed by atoms with E-state index >= 15 is 0 Å². The quantitative estimate of drug-likeness (QED) is 0.529. The van der Waals surface area contributed by atoms with E-state index in [-0.39, 0.29) is 42.3 Å². The van der Waals surface area contributed by atoms with Gasteiger partial charge in [0.2, 0.25) is 0 Å². The number of rotatable bonds is 6. The molecule has 0 amide bonds. The van der Waals surface area contributed by atoms with Gasteiger partial charge in [0.05, 0.1) is 11.2 Å². The summed E-state index contributed by atoms with van der Waals surface area (Å²) in [7, 11) is 0. The van der Waals surface area contributed by atoms with Crippen molar-refractivity contribution in [3.63, 3.8) is 0 Å². The van der Waals surface area contributed by atoms with E-state index in [4.69, 9.17) is 9.47 Å². The molecule has 4 heteroatoms. The molecule has 0 bridgehead atoms. The molecule has 0 spiro atoms. The molecule has 0 fully saturated rings. The molecule has 0 rings (SSSR count). The maximum Gasteiger partial charge on any atom is 1.00 e. The molecule has 0 N–H and O–H groups in total. The smallest absolute Gasteiger partial charge is 0.360 e. The third-order valence-corrected chi connectivity index (χ3v) is 5.08. The van der Waals surface area contributed by atoms with Crippen LogP contribution < -0.4 is 18.9 Å². The van der Waals surface area contributed by atoms with Crippen molar-refractivity contribution < 1.29 is 28.3 Å². The number of ether oxygens (including phenoxy) is 2. The fourth-order valence-corrected chi connectivity index (χ4v) is 3.61. The molecule has 0 aliphatic carbocycles. The molecule has 0 radical (unpaired) electrons. The summed E-state index contributed by atoms with van der Waals surface area (Å²) in [5.74, 6) is 11.2. The molecule has 0 heterocycles. The van der Waals surface area contributed by atoms with E-state index in [9.17, 15) is 0 Å². The second-order valence-electron chi connectivity index (χ2n) is 9.47. The van der Waals surface area contributed by atoms with Crippen molar-refractivity contribution in [2.24, 2.45) is 0 Å². The Balaban J connectivity index is 0. The molecule has 2 nitrogen and oxygen atoms in total. The summed E-state index contributed by atoms with van der Waals surface area (Å²) in [5.41, 5.74) is -0.330. The van der Waals surface area contributed by atoms with Gasteiger partial charge in [-0.25, -0.2) is 0 Å². The van der Waals surface area contributed by atoms with Crippen LogP contribution in [0.5, 0.6) is 0 Å². The van der Waals surface area contributed by atoms with Gasteiger partial charge >= 0.3 is 31.9 Å². The Bertz CT molecular complexity index is 461. The van der Waals surface area contributed by atoms with E-state index in [0.717, 1.165) is 25.7 Å². The van der Waals surface area contributed by atoms with Crippen LogP contribution in [0.4, 0.5) is 0 Å². The molecule has 0 aromatic carbocycles. The Morgan fingerprint density at radius 3 is 1.27 bits per heavy atom. The predicted molar refractivity (Wildman–Crippen MR) is 112 cm³/mol. The van der Waals surface area contributed by atoms with Crippen LogP contribution in [0.1, 0.15) is 81.1 Å². The standard InChI is InChI=1S/2C10H17O.2CH3.Al.Li/c2*1-6-8-9(7-2)11-10(3,4)5;;;;/h2*9H,6,8H2,1,3-5H3;2*1H3;;/q;;;;-1;+1. The molecule has 0 aliphatic rings. The van der Waals surface area contributed by atoms with E-state index in [0.29, 0.717) is 0 Å². The van der Waals surface area contributed by atoms with Crippen LogP contribution in [0.25, 0.3) is 0 Å². The average molecular weight is 370 g/mol. The van der Waals surface area contributed by atoms with Crippen molar-refractivity contribution in [3.8, 4) is 21.4 Å². The molecule has 0 aromatic rings. The monoisotopic (exact) mass is 370 g/mol. The number of hydrogen-bond acceptors (Lipinski definition) is 2. The van der Waals surface area contributed by atoms with Gasteiger partial charge in [-0.2, -0.15) is 11.6 Å². The van der Waals surface area contributed by atoms with Crippen molar-refractivity contribution >= 4 is 13.1 Å². The maximum absolute atomic E-state index is 6.08. The summed E-state index contributed by atoms with van der Waals surface area (Å²) in [6.07, 6.45) is 4.09. The van der Waals surface area contributed by atoms with Gasteiger partial charge < -0.3 is 19.0 Å². The van der Waals surface area contributed by atoms with Crippen LogP contribution in [0.3, 0.4) is 0 Å². The summed E-state index contributed by atoms with van der Waals surface area (Å²) in [5, 5.41) is 0. The SMILES string of the molecule is CCCC(C#[C][Al-]([CH3])([CH3])[C]#CC(CCC)OC(C)(C)C)OC(C)(C)C.[Li+]. The van der Waals surface area contributed by atoms with Gasteiger partial charge in [0.15, 0.2) is 0 Å². The Labute approximate surface area is 178 Å². The van der Waals surface area contributed by atoms with Crippen molar-refractivity contribution in [3.05, 3.63) is 0 Å². The van der Waals surface area contributed by atoms with E-state index in [1.165, 1.54) is 0 Å². The van der Waals surface area contributed by atoms with Gasteiger partial charge in [-0.1, -0.05) is 26.7 Å². The van der Waals surface area contributed by atoms with Crippen LogP contribution in [0.2, 0.25) is 11.6 Å². The molecular formula is C22H40AlLiO2. The van der Waals surface area contributed by atoms with Gasteiger partial charge in [-0.05, 0) is 54.4 Å². The van der Waals surface area contributed by atoms with E-state index in [1.54, 1.807) is 0 Å². The maximum atomic E-state index is 6.08. The zero-order chi connectivity index (χ0) is 19.7. The summed E-state index contributed by atoms with van der Waals surface area (Å²) in [4.78, 5) is 6.98. The zero-order valence-electron chi connectivity index (χ0n) is 19.4. The Morgan fingerprint density at radius 2 is 1.04 bits per heavy atom. The van der Waals surface area contributed by atoms with Gasteiger partial charge in [-0.3, -0.25) is 0 Å². The van der Waals surface area contributed by atoms with Gasteiger partial charge in [0.1, 0.15) is 12.2 Å². The van der Waals surface area contributed by atoms with Crippen molar-refractivity contribution in [1.82, 2.24) is 0 Å². The second-order valence-corrected chi connectivity index (χ2v) is 13.8. The molecule has 0 saturated carbocycles. The molecule has 2 atom stereocenters. The van der Waals surface area contributed by atoms with Crippen LogP contribution in [0, 0.1) is 21.4 Å². The summed E-state index contributed by atoms with van der Waals surface area (Å²) >= 11 is -2.23. The summed E-state index contributed by atoms with van der Waals surface area (Å²) < 4.78 is 12.2. The first-order chi connectivity index (χ1) is 11.3. The molecule has 2 unspecified atom stereocenters. The van der Waals surface area contributed by atoms with Gasteiger partial charge in [0, 0.05) is 0 Å². The Kier molecular flexibility index (Phi) is 13.7. The van der Waals surface area contributed by atoms with Crippen molar-refractivity contribution in [1.29, 1.82) is 0 Å². The Morgan fingerprint density at radius 1 is 0.731 bits per heavy atom. The molecule has 144 valence electrons. The predicted octanol–water partition coefficient (Wildman–Crippen LogP) is 2.75. The number of hydrogen-bond donors (Lipinski definition) is 0. The fourth-order valence-electron chi connectivity index (χ4n) is 2.34. The molecular weight excluding hydrogens is 330 g/mol. The fraction of sp³-hybridized carbons (Fsp3) is 0.818. The third-order valence-electron chi connectivity index (χ3n) is 3.30. The first-order valence-corrected chi connectivity index (χ1v) is 13.4. The molecule has 0 saturated heterocycles. The van der Waals surface area contributed by atoms with Crippen LogP contribution in [-0.4, -0.2) is 36.5 Å². The van der Waals surface area contributed by atoms with E-state index in [1.807, 2.05) is 0 Å². The average Bonchev–Trinajstić information content (AvgIpc) is 2.40. The molecule has 26 heavy (non-hydrogen) atoms. The van der Waals surface area contributed by atoms with Gasteiger partial charge in [-0.15, -0.1) is 11.8 Å². The summed E-state index contributed by atoms with van der Waals surface area (Å²) in [6, 6.07) is 0.